The molecule has 2 N–H and O–H groups in total. The molecular formula is C17H27N3OS2. The molecule has 0 radical (unpaired) electrons. The molecule has 2 fully saturated rings. The smallest absolute Gasteiger partial charge is 0.221 e. The lowest BCUT2D eigenvalue weighted by molar-refractivity contribution is -0.121. The minimum atomic E-state index is 0.209. The van der Waals surface area contributed by atoms with Crippen molar-refractivity contribution in [2.45, 2.75) is 31.8 Å². The van der Waals surface area contributed by atoms with Crippen molar-refractivity contribution >= 4 is 29.0 Å². The summed E-state index contributed by atoms with van der Waals surface area (Å²) < 4.78 is 0. The van der Waals surface area contributed by atoms with Crippen LogP contribution < -0.4 is 10.6 Å². The van der Waals surface area contributed by atoms with E-state index >= 15 is 0 Å². The summed E-state index contributed by atoms with van der Waals surface area (Å²) in [5.41, 5.74) is 0. The highest BCUT2D eigenvalue weighted by atomic mass is 32.2. The molecule has 1 amide bonds. The summed E-state index contributed by atoms with van der Waals surface area (Å²) >= 11 is 3.78. The van der Waals surface area contributed by atoms with E-state index in [-0.39, 0.29) is 5.91 Å². The molecule has 3 heterocycles. The lowest BCUT2D eigenvalue weighted by Gasteiger charge is -2.32. The molecular weight excluding hydrogens is 326 g/mol. The van der Waals surface area contributed by atoms with Gasteiger partial charge in [-0.2, -0.15) is 11.8 Å². The SMILES string of the molecule is O=C(CC1CSCCN1)NCC1CCCN(Cc2cccs2)C1. The Bertz CT molecular complexity index is 474. The number of nitrogens with one attached hydrogen (secondary N) is 2. The number of thioether (sulfide) groups is 1. The Morgan fingerprint density at radius 2 is 2.43 bits per heavy atom. The first-order valence-corrected chi connectivity index (χ1v) is 10.7. The van der Waals surface area contributed by atoms with E-state index in [1.54, 1.807) is 0 Å². The number of likely N-dealkylation sites (tertiary alicyclic amines) is 1. The molecule has 1 aromatic heterocycles. The Morgan fingerprint density at radius 3 is 3.22 bits per heavy atom. The first-order valence-electron chi connectivity index (χ1n) is 8.62. The first kappa shape index (κ1) is 17.3. The standard InChI is InChI=1S/C17H27N3OS2/c21-17(9-15-13-22-8-5-18-15)19-10-14-3-1-6-20(11-14)12-16-4-2-7-23-16/h2,4,7,14-15,18H,1,3,5-6,8-13H2,(H,19,21). The van der Waals surface area contributed by atoms with Crippen molar-refractivity contribution in [2.75, 3.05) is 37.7 Å². The highest BCUT2D eigenvalue weighted by molar-refractivity contribution is 7.99. The molecule has 6 heteroatoms. The molecule has 3 rings (SSSR count). The maximum Gasteiger partial charge on any atom is 0.221 e. The third-order valence-electron chi connectivity index (χ3n) is 4.58. The van der Waals surface area contributed by atoms with Crippen molar-refractivity contribution < 1.29 is 4.79 Å². The van der Waals surface area contributed by atoms with Crippen molar-refractivity contribution in [3.05, 3.63) is 22.4 Å². The predicted octanol–water partition coefficient (Wildman–Crippen LogP) is 2.17. The van der Waals surface area contributed by atoms with Crippen molar-refractivity contribution in [3.8, 4) is 0 Å². The third-order valence-corrected chi connectivity index (χ3v) is 6.57. The number of nitrogens with zero attached hydrogens (tertiary/aromatic N) is 1. The largest absolute Gasteiger partial charge is 0.356 e. The maximum atomic E-state index is 12.1. The van der Waals surface area contributed by atoms with Gasteiger partial charge in [-0.1, -0.05) is 6.07 Å². The fourth-order valence-electron chi connectivity index (χ4n) is 3.39. The van der Waals surface area contributed by atoms with Crippen molar-refractivity contribution in [2.24, 2.45) is 5.92 Å². The van der Waals surface area contributed by atoms with E-state index in [1.807, 2.05) is 23.1 Å². The second kappa shape index (κ2) is 9.06. The zero-order valence-electron chi connectivity index (χ0n) is 13.6. The molecule has 1 aromatic rings. The van der Waals surface area contributed by atoms with Crippen LogP contribution in [-0.4, -0.2) is 54.5 Å². The van der Waals surface area contributed by atoms with Crippen molar-refractivity contribution in [3.63, 3.8) is 0 Å². The van der Waals surface area contributed by atoms with Crippen LogP contribution in [-0.2, 0) is 11.3 Å². The van der Waals surface area contributed by atoms with Gasteiger partial charge < -0.3 is 10.6 Å². The zero-order chi connectivity index (χ0) is 15.9. The van der Waals surface area contributed by atoms with Gasteiger partial charge in [0, 0.05) is 55.0 Å². The summed E-state index contributed by atoms with van der Waals surface area (Å²) in [5.74, 6) is 3.04. The van der Waals surface area contributed by atoms with Crippen molar-refractivity contribution in [1.29, 1.82) is 0 Å². The van der Waals surface area contributed by atoms with E-state index in [4.69, 9.17) is 0 Å². The lowest BCUT2D eigenvalue weighted by atomic mass is 9.98. The fraction of sp³-hybridized carbons (Fsp3) is 0.706. The van der Waals surface area contributed by atoms with Crippen LogP contribution in [0.15, 0.2) is 17.5 Å². The summed E-state index contributed by atoms with van der Waals surface area (Å²) in [6, 6.07) is 4.69. The molecule has 0 spiro atoms. The fourth-order valence-corrected chi connectivity index (χ4v) is 5.08. The molecule has 2 atom stereocenters. The molecule has 0 bridgehead atoms. The van der Waals surface area contributed by atoms with Crippen LogP contribution in [0.1, 0.15) is 24.1 Å². The molecule has 2 aliphatic rings. The topological polar surface area (TPSA) is 44.4 Å². The van der Waals surface area contributed by atoms with Gasteiger partial charge in [0.15, 0.2) is 0 Å². The van der Waals surface area contributed by atoms with Gasteiger partial charge >= 0.3 is 0 Å². The summed E-state index contributed by atoms with van der Waals surface area (Å²) in [5, 5.41) is 8.75. The van der Waals surface area contributed by atoms with E-state index in [9.17, 15) is 4.79 Å². The molecule has 4 nitrogen and oxygen atoms in total. The number of carbonyl (C=O) groups is 1. The number of hydrogen-bond donors (Lipinski definition) is 2. The lowest BCUT2D eigenvalue weighted by Crippen LogP contribution is -2.44. The van der Waals surface area contributed by atoms with Crippen LogP contribution in [0.5, 0.6) is 0 Å². The van der Waals surface area contributed by atoms with Crippen LogP contribution >= 0.6 is 23.1 Å². The molecule has 0 aliphatic carbocycles. The average molecular weight is 354 g/mol. The van der Waals surface area contributed by atoms with E-state index in [0.29, 0.717) is 18.4 Å². The molecule has 128 valence electrons. The van der Waals surface area contributed by atoms with Crippen LogP contribution in [0.4, 0.5) is 0 Å². The molecule has 2 saturated heterocycles. The zero-order valence-corrected chi connectivity index (χ0v) is 15.3. The van der Waals surface area contributed by atoms with E-state index < -0.39 is 0 Å². The number of amides is 1. The Labute approximate surface area is 147 Å². The van der Waals surface area contributed by atoms with Crippen LogP contribution in [0.25, 0.3) is 0 Å². The number of thiophene rings is 1. The van der Waals surface area contributed by atoms with Gasteiger partial charge in [-0.25, -0.2) is 0 Å². The molecule has 2 aliphatic heterocycles. The average Bonchev–Trinajstić information content (AvgIpc) is 3.07. The number of piperidine rings is 1. The minimum absolute atomic E-state index is 0.209. The van der Waals surface area contributed by atoms with Crippen LogP contribution in [0.2, 0.25) is 0 Å². The molecule has 23 heavy (non-hydrogen) atoms. The van der Waals surface area contributed by atoms with E-state index in [0.717, 1.165) is 31.9 Å². The monoisotopic (exact) mass is 353 g/mol. The summed E-state index contributed by atoms with van der Waals surface area (Å²) in [4.78, 5) is 16.1. The van der Waals surface area contributed by atoms with Gasteiger partial charge in [0.25, 0.3) is 0 Å². The van der Waals surface area contributed by atoms with Gasteiger partial charge in [-0.3, -0.25) is 9.69 Å². The Morgan fingerprint density at radius 1 is 1.48 bits per heavy atom. The predicted molar refractivity (Wildman–Crippen MR) is 99.1 cm³/mol. The van der Waals surface area contributed by atoms with Gasteiger partial charge in [0.05, 0.1) is 0 Å². The second-order valence-corrected chi connectivity index (χ2v) is 8.74. The maximum absolute atomic E-state index is 12.1. The number of rotatable bonds is 6. The second-order valence-electron chi connectivity index (χ2n) is 6.56. The summed E-state index contributed by atoms with van der Waals surface area (Å²) in [6.45, 7) is 5.22. The minimum Gasteiger partial charge on any atom is -0.356 e. The first-order chi connectivity index (χ1) is 11.3. The van der Waals surface area contributed by atoms with Crippen LogP contribution in [0.3, 0.4) is 0 Å². The van der Waals surface area contributed by atoms with Gasteiger partial charge in [0.2, 0.25) is 5.91 Å². The summed E-state index contributed by atoms with van der Waals surface area (Å²) in [7, 11) is 0. The van der Waals surface area contributed by atoms with Crippen molar-refractivity contribution in [1.82, 2.24) is 15.5 Å². The Hall–Kier alpha value is -0.560. The van der Waals surface area contributed by atoms with Gasteiger partial charge in [-0.05, 0) is 36.8 Å². The van der Waals surface area contributed by atoms with E-state index in [2.05, 4.69) is 33.0 Å². The quantitative estimate of drug-likeness (QED) is 0.823. The third kappa shape index (κ3) is 5.78. The summed E-state index contributed by atoms with van der Waals surface area (Å²) in [6.07, 6.45) is 3.10. The Kier molecular flexibility index (Phi) is 6.80. The normalized spacial score (nSPS) is 26.1. The van der Waals surface area contributed by atoms with Gasteiger partial charge in [0.1, 0.15) is 0 Å². The number of hydrogen-bond acceptors (Lipinski definition) is 5. The molecule has 2 unspecified atom stereocenters. The highest BCUT2D eigenvalue weighted by Crippen LogP contribution is 2.20. The molecule has 0 aromatic carbocycles. The van der Waals surface area contributed by atoms with Gasteiger partial charge in [-0.15, -0.1) is 11.3 Å². The molecule has 0 saturated carbocycles. The highest BCUT2D eigenvalue weighted by Gasteiger charge is 2.22. The van der Waals surface area contributed by atoms with Crippen LogP contribution in [0, 0.1) is 5.92 Å². The number of carbonyl (C=O) groups excluding carboxylic acids is 1. The Balaban J connectivity index is 1.36. The van der Waals surface area contributed by atoms with E-state index in [1.165, 1.54) is 30.0 Å².